The third-order valence-electron chi connectivity index (χ3n) is 4.89. The van der Waals surface area contributed by atoms with E-state index >= 15 is 0 Å². The second kappa shape index (κ2) is 8.29. The number of ether oxygens (including phenoxy) is 1. The van der Waals surface area contributed by atoms with Crippen molar-refractivity contribution in [1.29, 1.82) is 0 Å². The largest absolute Gasteiger partial charge is 0.462 e. The van der Waals surface area contributed by atoms with Crippen molar-refractivity contribution in [2.75, 3.05) is 23.4 Å². The van der Waals surface area contributed by atoms with Gasteiger partial charge in [-0.2, -0.15) is 0 Å². The highest BCUT2D eigenvalue weighted by molar-refractivity contribution is 5.97. The summed E-state index contributed by atoms with van der Waals surface area (Å²) in [7, 11) is 0. The predicted octanol–water partition coefficient (Wildman–Crippen LogP) is 3.05. The number of carbonyl (C=O) groups is 3. The number of aromatic nitrogens is 1. The van der Waals surface area contributed by atoms with Crippen molar-refractivity contribution in [2.24, 2.45) is 0 Å². The lowest BCUT2D eigenvalue weighted by Crippen LogP contribution is -2.24. The molecule has 7 nitrogen and oxygen atoms in total. The van der Waals surface area contributed by atoms with Crippen LogP contribution < -0.4 is 10.2 Å². The quantitative estimate of drug-likeness (QED) is 0.778. The summed E-state index contributed by atoms with van der Waals surface area (Å²) < 4.78 is 6.85. The van der Waals surface area contributed by atoms with Crippen LogP contribution in [0.15, 0.2) is 30.3 Å². The molecule has 148 valence electrons. The predicted molar refractivity (Wildman–Crippen MR) is 107 cm³/mol. The summed E-state index contributed by atoms with van der Waals surface area (Å²) in [6.45, 7) is 6.50. The van der Waals surface area contributed by atoms with E-state index < -0.39 is 0 Å². The van der Waals surface area contributed by atoms with Crippen LogP contribution in [0.1, 0.15) is 41.5 Å². The van der Waals surface area contributed by atoms with Gasteiger partial charge in [-0.3, -0.25) is 9.59 Å². The first-order valence-corrected chi connectivity index (χ1v) is 9.44. The topological polar surface area (TPSA) is 80.6 Å². The number of amides is 2. The molecule has 2 aromatic rings. The van der Waals surface area contributed by atoms with Crippen LogP contribution in [0.3, 0.4) is 0 Å². The molecule has 2 heterocycles. The smallest absolute Gasteiger partial charge is 0.339 e. The van der Waals surface area contributed by atoms with Crippen molar-refractivity contribution in [3.05, 3.63) is 47.3 Å². The summed E-state index contributed by atoms with van der Waals surface area (Å²) >= 11 is 0. The normalized spacial score (nSPS) is 13.7. The SMILES string of the molecule is CCOC(=O)c1cc(C)n(CC(=O)Nc2cccc(N3CCCC3=O)c2)c1C. The summed E-state index contributed by atoms with van der Waals surface area (Å²) in [5.41, 5.74) is 3.41. The number of carbonyl (C=O) groups excluding carboxylic acids is 3. The maximum absolute atomic E-state index is 12.6. The Morgan fingerprint density at radius 2 is 2.00 bits per heavy atom. The lowest BCUT2D eigenvalue weighted by atomic mass is 10.2. The first kappa shape index (κ1) is 19.7. The van der Waals surface area contributed by atoms with Crippen LogP contribution in [0, 0.1) is 13.8 Å². The van der Waals surface area contributed by atoms with Gasteiger partial charge in [0.15, 0.2) is 0 Å². The summed E-state index contributed by atoms with van der Waals surface area (Å²) in [5.74, 6) is -0.485. The van der Waals surface area contributed by atoms with Crippen molar-refractivity contribution >= 4 is 29.2 Å². The molecular formula is C21H25N3O4. The second-order valence-corrected chi connectivity index (χ2v) is 6.84. The fraction of sp³-hybridized carbons (Fsp3) is 0.381. The van der Waals surface area contributed by atoms with Crippen molar-refractivity contribution in [1.82, 2.24) is 4.57 Å². The zero-order valence-corrected chi connectivity index (χ0v) is 16.4. The molecule has 1 aromatic heterocycles. The Hall–Kier alpha value is -3.09. The third kappa shape index (κ3) is 4.08. The van der Waals surface area contributed by atoms with Gasteiger partial charge in [-0.05, 0) is 51.5 Å². The monoisotopic (exact) mass is 383 g/mol. The third-order valence-corrected chi connectivity index (χ3v) is 4.89. The first-order chi connectivity index (χ1) is 13.4. The summed E-state index contributed by atoms with van der Waals surface area (Å²) in [6, 6.07) is 9.02. The number of rotatable bonds is 6. The molecule has 0 atom stereocenters. The Labute approximate surface area is 164 Å². The number of hydrogen-bond acceptors (Lipinski definition) is 4. The van der Waals surface area contributed by atoms with E-state index in [9.17, 15) is 14.4 Å². The van der Waals surface area contributed by atoms with Gasteiger partial charge in [-0.1, -0.05) is 6.07 Å². The van der Waals surface area contributed by atoms with Crippen LogP contribution in [0.5, 0.6) is 0 Å². The molecule has 3 rings (SSSR count). The summed E-state index contributed by atoms with van der Waals surface area (Å²) in [4.78, 5) is 38.3. The van der Waals surface area contributed by atoms with Crippen LogP contribution in [-0.2, 0) is 20.9 Å². The minimum absolute atomic E-state index is 0.0872. The molecule has 0 saturated carbocycles. The molecule has 28 heavy (non-hydrogen) atoms. The van der Waals surface area contributed by atoms with E-state index in [4.69, 9.17) is 4.74 Å². The van der Waals surface area contributed by atoms with Gasteiger partial charge >= 0.3 is 5.97 Å². The van der Waals surface area contributed by atoms with Crippen LogP contribution in [0.2, 0.25) is 0 Å². The van der Waals surface area contributed by atoms with Gasteiger partial charge in [0, 0.05) is 35.7 Å². The molecule has 1 aliphatic heterocycles. The highest BCUT2D eigenvalue weighted by Gasteiger charge is 2.22. The van der Waals surface area contributed by atoms with Gasteiger partial charge in [-0.15, -0.1) is 0 Å². The van der Waals surface area contributed by atoms with Crippen LogP contribution in [-0.4, -0.2) is 35.5 Å². The zero-order valence-electron chi connectivity index (χ0n) is 16.4. The molecule has 2 amide bonds. The number of aryl methyl sites for hydroxylation is 1. The van der Waals surface area contributed by atoms with Gasteiger partial charge in [0.25, 0.3) is 0 Å². The molecule has 0 spiro atoms. The van der Waals surface area contributed by atoms with E-state index in [1.54, 1.807) is 41.5 Å². The van der Waals surface area contributed by atoms with Crippen LogP contribution >= 0.6 is 0 Å². The standard InChI is InChI=1S/C21H25N3O4/c1-4-28-21(27)18-11-14(2)24(15(18)3)13-19(25)22-16-7-5-8-17(12-16)23-10-6-9-20(23)26/h5,7-8,11-12H,4,6,9-10,13H2,1-3H3,(H,22,25). The lowest BCUT2D eigenvalue weighted by molar-refractivity contribution is -0.117. The molecule has 0 aliphatic carbocycles. The Morgan fingerprint density at radius 1 is 1.21 bits per heavy atom. The highest BCUT2D eigenvalue weighted by Crippen LogP contribution is 2.24. The molecule has 0 bridgehead atoms. The molecule has 0 unspecified atom stereocenters. The van der Waals surface area contributed by atoms with Crippen molar-refractivity contribution < 1.29 is 19.1 Å². The fourth-order valence-corrected chi connectivity index (χ4v) is 3.48. The average molecular weight is 383 g/mol. The van der Waals surface area contributed by atoms with Crippen molar-refractivity contribution in [3.63, 3.8) is 0 Å². The molecule has 0 radical (unpaired) electrons. The second-order valence-electron chi connectivity index (χ2n) is 6.84. The van der Waals surface area contributed by atoms with E-state index in [0.717, 1.165) is 17.8 Å². The Kier molecular flexibility index (Phi) is 5.82. The Bertz CT molecular complexity index is 916. The van der Waals surface area contributed by atoms with E-state index in [0.29, 0.717) is 36.5 Å². The summed E-state index contributed by atoms with van der Waals surface area (Å²) in [5, 5.41) is 2.87. The molecule has 1 aliphatic rings. The molecule has 7 heteroatoms. The number of anilines is 2. The maximum Gasteiger partial charge on any atom is 0.339 e. The summed E-state index contributed by atoms with van der Waals surface area (Å²) in [6.07, 6.45) is 1.41. The van der Waals surface area contributed by atoms with Gasteiger partial charge in [0.2, 0.25) is 11.8 Å². The van der Waals surface area contributed by atoms with Gasteiger partial charge in [-0.25, -0.2) is 4.79 Å². The van der Waals surface area contributed by atoms with Gasteiger partial charge < -0.3 is 19.5 Å². The average Bonchev–Trinajstić information content (AvgIpc) is 3.20. The lowest BCUT2D eigenvalue weighted by Gasteiger charge is -2.17. The molecule has 1 fully saturated rings. The highest BCUT2D eigenvalue weighted by atomic mass is 16.5. The number of hydrogen-bond donors (Lipinski definition) is 1. The van der Waals surface area contributed by atoms with Gasteiger partial charge in [0.05, 0.1) is 12.2 Å². The van der Waals surface area contributed by atoms with E-state index in [1.165, 1.54) is 0 Å². The van der Waals surface area contributed by atoms with Crippen molar-refractivity contribution in [3.8, 4) is 0 Å². The van der Waals surface area contributed by atoms with E-state index in [2.05, 4.69) is 5.32 Å². The minimum atomic E-state index is -0.384. The fourth-order valence-electron chi connectivity index (χ4n) is 3.48. The Morgan fingerprint density at radius 3 is 2.68 bits per heavy atom. The number of benzene rings is 1. The maximum atomic E-state index is 12.6. The minimum Gasteiger partial charge on any atom is -0.462 e. The number of nitrogens with one attached hydrogen (secondary N) is 1. The van der Waals surface area contributed by atoms with Crippen molar-refractivity contribution in [2.45, 2.75) is 40.2 Å². The van der Waals surface area contributed by atoms with E-state index in [1.807, 2.05) is 19.1 Å². The zero-order chi connectivity index (χ0) is 20.3. The molecular weight excluding hydrogens is 358 g/mol. The number of esters is 1. The van der Waals surface area contributed by atoms with Crippen LogP contribution in [0.4, 0.5) is 11.4 Å². The molecule has 1 aromatic carbocycles. The van der Waals surface area contributed by atoms with Gasteiger partial charge in [0.1, 0.15) is 6.54 Å². The first-order valence-electron chi connectivity index (χ1n) is 9.44. The molecule has 1 saturated heterocycles. The van der Waals surface area contributed by atoms with E-state index in [-0.39, 0.29) is 24.3 Å². The molecule has 1 N–H and O–H groups in total. The Balaban J connectivity index is 1.71. The number of nitrogens with zero attached hydrogens (tertiary/aromatic N) is 2. The van der Waals surface area contributed by atoms with Crippen LogP contribution in [0.25, 0.3) is 0 Å².